The summed E-state index contributed by atoms with van der Waals surface area (Å²) in [5.74, 6) is 1.14. The van der Waals surface area contributed by atoms with Crippen LogP contribution in [0.4, 0.5) is 5.82 Å². The highest BCUT2D eigenvalue weighted by Crippen LogP contribution is 2.23. The molecule has 0 bridgehead atoms. The number of hydrogen-bond acceptors (Lipinski definition) is 5. The average Bonchev–Trinajstić information content (AvgIpc) is 2.97. The summed E-state index contributed by atoms with van der Waals surface area (Å²) in [6.45, 7) is 6.71. The lowest BCUT2D eigenvalue weighted by Crippen LogP contribution is -2.47. The van der Waals surface area contributed by atoms with Gasteiger partial charge >= 0.3 is 0 Å². The molecule has 0 aromatic carbocycles. The first-order valence-corrected chi connectivity index (χ1v) is 7.29. The molecule has 3 heterocycles. The second-order valence-corrected chi connectivity index (χ2v) is 5.60. The van der Waals surface area contributed by atoms with Crippen molar-refractivity contribution >= 4 is 16.9 Å². The van der Waals surface area contributed by atoms with Crippen LogP contribution >= 0.6 is 0 Å². The maximum Gasteiger partial charge on any atom is 0.142 e. The first kappa shape index (κ1) is 14.0. The van der Waals surface area contributed by atoms with Gasteiger partial charge in [0.1, 0.15) is 17.8 Å². The smallest absolute Gasteiger partial charge is 0.142 e. The number of H-pyrrole nitrogens is 1. The van der Waals surface area contributed by atoms with E-state index in [-0.39, 0.29) is 12.6 Å². The van der Waals surface area contributed by atoms with Crippen molar-refractivity contribution in [2.75, 3.05) is 31.6 Å². The van der Waals surface area contributed by atoms with Crippen LogP contribution in [0.15, 0.2) is 31.2 Å². The third-order valence-electron chi connectivity index (χ3n) is 3.95. The first-order chi connectivity index (χ1) is 10.3. The number of piperidine rings is 1. The zero-order chi connectivity index (χ0) is 14.7. The number of aromatic amines is 1. The number of nitrogens with zero attached hydrogens (tertiary/aromatic N) is 3. The lowest BCUT2D eigenvalue weighted by molar-refractivity contribution is 0.121. The van der Waals surface area contributed by atoms with Gasteiger partial charge in [-0.05, 0) is 18.4 Å². The Morgan fingerprint density at radius 3 is 3.19 bits per heavy atom. The van der Waals surface area contributed by atoms with Crippen LogP contribution in [0.25, 0.3) is 11.0 Å². The molecule has 0 radical (unpaired) electrons. The Kier molecular flexibility index (Phi) is 4.17. The minimum Gasteiger partial charge on any atom is -0.396 e. The van der Waals surface area contributed by atoms with Crippen molar-refractivity contribution in [2.45, 2.75) is 12.5 Å². The molecule has 3 N–H and O–H groups in total. The molecule has 2 atom stereocenters. The Morgan fingerprint density at radius 1 is 1.48 bits per heavy atom. The number of aliphatic hydroxyl groups excluding tert-OH is 1. The van der Waals surface area contributed by atoms with Gasteiger partial charge in [-0.2, -0.15) is 0 Å². The Morgan fingerprint density at radius 2 is 2.38 bits per heavy atom. The van der Waals surface area contributed by atoms with Gasteiger partial charge in [0.05, 0.1) is 5.39 Å². The highest BCUT2D eigenvalue weighted by atomic mass is 16.3. The molecule has 21 heavy (non-hydrogen) atoms. The van der Waals surface area contributed by atoms with E-state index in [9.17, 15) is 5.11 Å². The van der Waals surface area contributed by atoms with Crippen molar-refractivity contribution < 1.29 is 5.11 Å². The molecule has 1 aliphatic rings. The van der Waals surface area contributed by atoms with Gasteiger partial charge in [0, 0.05) is 38.5 Å². The molecule has 6 nitrogen and oxygen atoms in total. The van der Waals surface area contributed by atoms with Crippen LogP contribution < -0.4 is 5.32 Å². The lowest BCUT2D eigenvalue weighted by atomic mass is 9.95. The van der Waals surface area contributed by atoms with E-state index < -0.39 is 0 Å². The van der Waals surface area contributed by atoms with Crippen molar-refractivity contribution in [2.24, 2.45) is 5.92 Å². The van der Waals surface area contributed by atoms with Crippen LogP contribution in [0.1, 0.15) is 6.42 Å². The summed E-state index contributed by atoms with van der Waals surface area (Å²) in [5.41, 5.74) is 0.838. The summed E-state index contributed by atoms with van der Waals surface area (Å²) in [5, 5.41) is 14.0. The monoisotopic (exact) mass is 287 g/mol. The highest BCUT2D eigenvalue weighted by molar-refractivity contribution is 5.86. The van der Waals surface area contributed by atoms with Crippen molar-refractivity contribution in [3.63, 3.8) is 0 Å². The van der Waals surface area contributed by atoms with E-state index in [4.69, 9.17) is 0 Å². The molecule has 0 amide bonds. The Balaban J connectivity index is 1.76. The summed E-state index contributed by atoms with van der Waals surface area (Å²) in [7, 11) is 0. The third-order valence-corrected chi connectivity index (χ3v) is 3.95. The van der Waals surface area contributed by atoms with Crippen molar-refractivity contribution in [3.8, 4) is 0 Å². The number of hydrogen-bond donors (Lipinski definition) is 3. The van der Waals surface area contributed by atoms with Crippen LogP contribution in [0.3, 0.4) is 0 Å². The molecule has 0 spiro atoms. The summed E-state index contributed by atoms with van der Waals surface area (Å²) in [6.07, 6.45) is 6.28. The summed E-state index contributed by atoms with van der Waals surface area (Å²) < 4.78 is 0. The van der Waals surface area contributed by atoms with Crippen molar-refractivity contribution in [1.29, 1.82) is 0 Å². The highest BCUT2D eigenvalue weighted by Gasteiger charge is 2.26. The lowest BCUT2D eigenvalue weighted by Gasteiger charge is -2.37. The number of aromatic nitrogens is 3. The quantitative estimate of drug-likeness (QED) is 0.721. The van der Waals surface area contributed by atoms with E-state index in [0.29, 0.717) is 5.92 Å². The van der Waals surface area contributed by atoms with Crippen LogP contribution in [-0.4, -0.2) is 57.2 Å². The largest absolute Gasteiger partial charge is 0.396 e. The number of aliphatic hydroxyl groups is 1. The normalized spacial score (nSPS) is 23.3. The van der Waals surface area contributed by atoms with Gasteiger partial charge < -0.3 is 15.4 Å². The van der Waals surface area contributed by atoms with Crippen LogP contribution in [0, 0.1) is 5.92 Å². The van der Waals surface area contributed by atoms with Gasteiger partial charge in [-0.15, -0.1) is 6.58 Å². The fourth-order valence-corrected chi connectivity index (χ4v) is 3.05. The fraction of sp³-hybridized carbons (Fsp3) is 0.467. The third kappa shape index (κ3) is 3.06. The minimum absolute atomic E-state index is 0.217. The topological polar surface area (TPSA) is 77.1 Å². The first-order valence-electron chi connectivity index (χ1n) is 7.29. The number of anilines is 1. The van der Waals surface area contributed by atoms with Gasteiger partial charge in [0.25, 0.3) is 0 Å². The standard InChI is InChI=1S/C15H21N5O/c1-2-5-20-7-11(9-21)6-12(8-20)19-15-13-3-4-16-14(13)17-10-18-15/h2-4,10-12,21H,1,5-9H2,(H2,16,17,18,19)/t11-,12+/m0/s1. The van der Waals surface area contributed by atoms with E-state index >= 15 is 0 Å². The Bertz CT molecular complexity index is 611. The molecule has 6 heteroatoms. The van der Waals surface area contributed by atoms with Crippen molar-refractivity contribution in [3.05, 3.63) is 31.2 Å². The van der Waals surface area contributed by atoms with E-state index in [1.54, 1.807) is 6.33 Å². The van der Waals surface area contributed by atoms with Crippen molar-refractivity contribution in [1.82, 2.24) is 19.9 Å². The zero-order valence-corrected chi connectivity index (χ0v) is 12.0. The maximum atomic E-state index is 9.49. The number of fused-ring (bicyclic) bond motifs is 1. The maximum absolute atomic E-state index is 9.49. The molecular weight excluding hydrogens is 266 g/mol. The SMILES string of the molecule is C=CCN1C[C@@H](CO)C[C@@H](Nc2ncnc3[nH]ccc23)C1. The van der Waals surface area contributed by atoms with Gasteiger partial charge in [-0.3, -0.25) is 4.90 Å². The van der Waals surface area contributed by atoms with Crippen LogP contribution in [0.2, 0.25) is 0 Å². The zero-order valence-electron chi connectivity index (χ0n) is 12.0. The summed E-state index contributed by atoms with van der Waals surface area (Å²) in [6, 6.07) is 2.25. The summed E-state index contributed by atoms with van der Waals surface area (Å²) in [4.78, 5) is 14.0. The second-order valence-electron chi connectivity index (χ2n) is 5.60. The second kappa shape index (κ2) is 6.24. The minimum atomic E-state index is 0.217. The number of rotatable bonds is 5. The molecule has 112 valence electrons. The number of likely N-dealkylation sites (tertiary alicyclic amines) is 1. The molecule has 2 aromatic rings. The van der Waals surface area contributed by atoms with E-state index in [1.165, 1.54) is 0 Å². The molecule has 0 saturated carbocycles. The van der Waals surface area contributed by atoms with Gasteiger partial charge in [-0.1, -0.05) is 6.08 Å². The van der Waals surface area contributed by atoms with E-state index in [1.807, 2.05) is 18.3 Å². The molecule has 0 aliphatic carbocycles. The summed E-state index contributed by atoms with van der Waals surface area (Å²) >= 11 is 0. The predicted octanol–water partition coefficient (Wildman–Crippen LogP) is 1.24. The molecule has 1 aliphatic heterocycles. The fourth-order valence-electron chi connectivity index (χ4n) is 3.05. The van der Waals surface area contributed by atoms with Crippen LogP contribution in [0.5, 0.6) is 0 Å². The molecule has 0 unspecified atom stereocenters. The molecule has 2 aromatic heterocycles. The average molecular weight is 287 g/mol. The van der Waals surface area contributed by atoms with Gasteiger partial charge in [0.15, 0.2) is 0 Å². The Labute approximate surface area is 123 Å². The van der Waals surface area contributed by atoms with Gasteiger partial charge in [-0.25, -0.2) is 9.97 Å². The van der Waals surface area contributed by atoms with Crippen LogP contribution in [-0.2, 0) is 0 Å². The molecule has 3 rings (SSSR count). The molecular formula is C15H21N5O. The molecule has 1 saturated heterocycles. The van der Waals surface area contributed by atoms with E-state index in [2.05, 4.69) is 31.7 Å². The number of nitrogens with one attached hydrogen (secondary N) is 2. The van der Waals surface area contributed by atoms with Gasteiger partial charge in [0.2, 0.25) is 0 Å². The predicted molar refractivity (Wildman–Crippen MR) is 83.1 cm³/mol. The Hall–Kier alpha value is -1.92. The van der Waals surface area contributed by atoms with E-state index in [0.717, 1.165) is 42.9 Å². The molecule has 1 fully saturated rings.